The number of ether oxygens (including phenoxy) is 1. The van der Waals surface area contributed by atoms with Gasteiger partial charge >= 0.3 is 0 Å². The minimum atomic E-state index is 0.423. The minimum absolute atomic E-state index is 0.423. The van der Waals surface area contributed by atoms with Crippen molar-refractivity contribution < 1.29 is 4.74 Å². The van der Waals surface area contributed by atoms with Gasteiger partial charge in [-0.2, -0.15) is 0 Å². The van der Waals surface area contributed by atoms with E-state index in [1.165, 1.54) is 0 Å². The molecule has 8 nitrogen and oxygen atoms in total. The van der Waals surface area contributed by atoms with E-state index < -0.39 is 0 Å². The van der Waals surface area contributed by atoms with Gasteiger partial charge in [-0.25, -0.2) is 0 Å². The molecular weight excluding hydrogens is 342 g/mol. The summed E-state index contributed by atoms with van der Waals surface area (Å²) in [6, 6.07) is 6.38. The first kappa shape index (κ1) is 19.6. The first-order valence-electron chi connectivity index (χ1n) is 9.90. The van der Waals surface area contributed by atoms with Crippen molar-refractivity contribution in [2.75, 3.05) is 45.9 Å². The van der Waals surface area contributed by atoms with Crippen LogP contribution < -0.4 is 10.6 Å². The highest BCUT2D eigenvalue weighted by Crippen LogP contribution is 2.05. The van der Waals surface area contributed by atoms with Gasteiger partial charge in [-0.15, -0.1) is 10.2 Å². The lowest BCUT2D eigenvalue weighted by molar-refractivity contribution is 0.0220. The molecule has 0 radical (unpaired) electrons. The van der Waals surface area contributed by atoms with Gasteiger partial charge in [-0.3, -0.25) is 14.3 Å². The fourth-order valence-electron chi connectivity index (χ4n) is 3.21. The number of aromatic nitrogens is 3. The van der Waals surface area contributed by atoms with Crippen molar-refractivity contribution in [3.8, 4) is 0 Å². The van der Waals surface area contributed by atoms with Crippen molar-refractivity contribution in [1.29, 1.82) is 0 Å². The standard InChI is InChI=1S/C19H31N7O/c1-3-20-19(22-15-16(2)25-11-13-27-14-12-25)21-9-6-8-18-24-23-17-7-4-5-10-26(17)18/h4-5,7,10,16H,3,6,8-9,11-15H2,1-2H3,(H2,20,21,22). The highest BCUT2D eigenvalue weighted by Gasteiger charge is 2.16. The number of fused-ring (bicyclic) bond motifs is 1. The van der Waals surface area contributed by atoms with Crippen molar-refractivity contribution in [2.45, 2.75) is 32.7 Å². The Bertz CT molecular complexity index is 724. The van der Waals surface area contributed by atoms with E-state index >= 15 is 0 Å². The van der Waals surface area contributed by atoms with Crippen LogP contribution in [-0.2, 0) is 11.2 Å². The summed E-state index contributed by atoms with van der Waals surface area (Å²) in [6.07, 6.45) is 3.86. The SMILES string of the molecule is CCNC(=NCC(C)N1CCOCC1)NCCCc1nnc2ccccn12. The third-order valence-corrected chi connectivity index (χ3v) is 4.78. The van der Waals surface area contributed by atoms with Gasteiger partial charge in [0.25, 0.3) is 0 Å². The lowest BCUT2D eigenvalue weighted by Crippen LogP contribution is -2.44. The molecule has 27 heavy (non-hydrogen) atoms. The predicted octanol–water partition coefficient (Wildman–Crippen LogP) is 0.938. The lowest BCUT2D eigenvalue weighted by Gasteiger charge is -2.31. The number of rotatable bonds is 8. The Morgan fingerprint density at radius 3 is 2.93 bits per heavy atom. The van der Waals surface area contributed by atoms with E-state index in [1.807, 2.05) is 28.8 Å². The molecule has 1 aliphatic heterocycles. The predicted molar refractivity (Wildman–Crippen MR) is 107 cm³/mol. The van der Waals surface area contributed by atoms with Crippen LogP contribution in [-0.4, -0.2) is 77.4 Å². The van der Waals surface area contributed by atoms with Gasteiger partial charge in [-0.05, 0) is 32.4 Å². The molecule has 0 saturated carbocycles. The quantitative estimate of drug-likeness (QED) is 0.407. The van der Waals surface area contributed by atoms with E-state index in [4.69, 9.17) is 9.73 Å². The number of morpholine rings is 1. The number of nitrogens with zero attached hydrogens (tertiary/aromatic N) is 5. The molecule has 1 fully saturated rings. The first-order valence-corrected chi connectivity index (χ1v) is 9.90. The second kappa shape index (κ2) is 10.2. The maximum absolute atomic E-state index is 5.42. The molecule has 148 valence electrons. The summed E-state index contributed by atoms with van der Waals surface area (Å²) < 4.78 is 7.47. The van der Waals surface area contributed by atoms with Gasteiger partial charge in [0, 0.05) is 44.8 Å². The molecule has 0 aliphatic carbocycles. The number of nitrogens with one attached hydrogen (secondary N) is 2. The molecule has 0 spiro atoms. The molecule has 0 amide bonds. The highest BCUT2D eigenvalue weighted by atomic mass is 16.5. The van der Waals surface area contributed by atoms with Crippen molar-refractivity contribution >= 4 is 11.6 Å². The molecule has 2 aromatic rings. The number of aryl methyl sites for hydroxylation is 1. The van der Waals surface area contributed by atoms with E-state index in [-0.39, 0.29) is 0 Å². The van der Waals surface area contributed by atoms with Gasteiger partial charge < -0.3 is 15.4 Å². The van der Waals surface area contributed by atoms with E-state index in [0.29, 0.717) is 6.04 Å². The third-order valence-electron chi connectivity index (χ3n) is 4.78. The summed E-state index contributed by atoms with van der Waals surface area (Å²) >= 11 is 0. The molecule has 3 rings (SSSR count). The zero-order chi connectivity index (χ0) is 18.9. The monoisotopic (exact) mass is 373 g/mol. The molecular formula is C19H31N7O. The largest absolute Gasteiger partial charge is 0.379 e. The van der Waals surface area contributed by atoms with Crippen LogP contribution >= 0.6 is 0 Å². The molecule has 1 aliphatic rings. The van der Waals surface area contributed by atoms with E-state index in [9.17, 15) is 0 Å². The van der Waals surface area contributed by atoms with Crippen LogP contribution in [0.3, 0.4) is 0 Å². The Morgan fingerprint density at radius 1 is 1.26 bits per heavy atom. The van der Waals surface area contributed by atoms with E-state index in [0.717, 1.165) is 76.2 Å². The Kier molecular flexibility index (Phi) is 7.41. The van der Waals surface area contributed by atoms with Crippen LogP contribution in [0, 0.1) is 0 Å². The summed E-state index contributed by atoms with van der Waals surface area (Å²) in [5.74, 6) is 1.87. The second-order valence-electron chi connectivity index (χ2n) is 6.79. The van der Waals surface area contributed by atoms with Gasteiger partial charge in [0.15, 0.2) is 11.6 Å². The maximum Gasteiger partial charge on any atom is 0.191 e. The average Bonchev–Trinajstić information content (AvgIpc) is 3.13. The van der Waals surface area contributed by atoms with Crippen LogP contribution in [0.4, 0.5) is 0 Å². The Balaban J connectivity index is 1.44. The van der Waals surface area contributed by atoms with Crippen molar-refractivity contribution in [1.82, 2.24) is 30.1 Å². The molecule has 1 saturated heterocycles. The smallest absolute Gasteiger partial charge is 0.191 e. The van der Waals surface area contributed by atoms with E-state index in [1.54, 1.807) is 0 Å². The average molecular weight is 374 g/mol. The zero-order valence-electron chi connectivity index (χ0n) is 16.4. The number of hydrogen-bond donors (Lipinski definition) is 2. The van der Waals surface area contributed by atoms with Crippen LogP contribution in [0.1, 0.15) is 26.1 Å². The fourth-order valence-corrected chi connectivity index (χ4v) is 3.21. The summed E-state index contributed by atoms with van der Waals surface area (Å²) in [5, 5.41) is 15.2. The second-order valence-corrected chi connectivity index (χ2v) is 6.79. The lowest BCUT2D eigenvalue weighted by atomic mass is 10.2. The molecule has 2 aromatic heterocycles. The van der Waals surface area contributed by atoms with Gasteiger partial charge in [-0.1, -0.05) is 6.07 Å². The van der Waals surface area contributed by atoms with Gasteiger partial charge in [0.05, 0.1) is 19.8 Å². The molecule has 1 atom stereocenters. The summed E-state index contributed by atoms with van der Waals surface area (Å²) in [6.45, 7) is 10.4. The van der Waals surface area contributed by atoms with Crippen LogP contribution in [0.15, 0.2) is 29.4 Å². The summed E-state index contributed by atoms with van der Waals surface area (Å²) in [5.41, 5.74) is 0.896. The fraction of sp³-hybridized carbons (Fsp3) is 0.632. The number of pyridine rings is 1. The molecule has 2 N–H and O–H groups in total. The van der Waals surface area contributed by atoms with Crippen LogP contribution in [0.2, 0.25) is 0 Å². The van der Waals surface area contributed by atoms with Crippen molar-refractivity contribution in [2.24, 2.45) is 4.99 Å². The first-order chi connectivity index (χ1) is 13.3. The Morgan fingerprint density at radius 2 is 2.11 bits per heavy atom. The van der Waals surface area contributed by atoms with E-state index in [2.05, 4.69) is 39.6 Å². The number of guanidine groups is 1. The summed E-state index contributed by atoms with van der Waals surface area (Å²) in [7, 11) is 0. The minimum Gasteiger partial charge on any atom is -0.379 e. The molecule has 8 heteroatoms. The maximum atomic E-state index is 5.42. The molecule has 1 unspecified atom stereocenters. The normalized spacial score (nSPS) is 17.2. The highest BCUT2D eigenvalue weighted by molar-refractivity contribution is 5.79. The zero-order valence-corrected chi connectivity index (χ0v) is 16.4. The molecule has 3 heterocycles. The number of hydrogen-bond acceptors (Lipinski definition) is 5. The molecule has 0 bridgehead atoms. The molecule has 0 aromatic carbocycles. The Hall–Kier alpha value is -2.19. The topological polar surface area (TPSA) is 79.1 Å². The van der Waals surface area contributed by atoms with Crippen LogP contribution in [0.25, 0.3) is 5.65 Å². The summed E-state index contributed by atoms with van der Waals surface area (Å²) in [4.78, 5) is 7.19. The van der Waals surface area contributed by atoms with Gasteiger partial charge in [0.2, 0.25) is 0 Å². The Labute approximate surface area is 161 Å². The van der Waals surface area contributed by atoms with Crippen molar-refractivity contribution in [3.05, 3.63) is 30.2 Å². The third kappa shape index (κ3) is 5.64. The van der Waals surface area contributed by atoms with Crippen LogP contribution in [0.5, 0.6) is 0 Å². The van der Waals surface area contributed by atoms with Gasteiger partial charge in [0.1, 0.15) is 5.82 Å². The number of aliphatic imine (C=N–C) groups is 1. The van der Waals surface area contributed by atoms with Crippen molar-refractivity contribution in [3.63, 3.8) is 0 Å².